The average molecular weight is 273 g/mol. The zero-order chi connectivity index (χ0) is 14.4. The van der Waals surface area contributed by atoms with E-state index in [4.69, 9.17) is 0 Å². The Bertz CT molecular complexity index is 459. The van der Waals surface area contributed by atoms with Gasteiger partial charge in [-0.2, -0.15) is 0 Å². The van der Waals surface area contributed by atoms with Gasteiger partial charge in [-0.25, -0.2) is 4.79 Å². The van der Waals surface area contributed by atoms with Gasteiger partial charge in [-0.1, -0.05) is 18.9 Å². The minimum atomic E-state index is -0.197. The maximum absolute atomic E-state index is 11.7. The van der Waals surface area contributed by atoms with Crippen molar-refractivity contribution in [2.75, 3.05) is 24.3 Å². The number of nitrogens with one attached hydrogen (secondary N) is 2. The van der Waals surface area contributed by atoms with E-state index in [1.807, 2.05) is 43.3 Å². The van der Waals surface area contributed by atoms with Gasteiger partial charge in [0.15, 0.2) is 0 Å². The number of hydrogen-bond donors (Lipinski definition) is 2. The molecule has 0 atom stereocenters. The summed E-state index contributed by atoms with van der Waals surface area (Å²) in [7, 11) is 3.98. The molecule has 0 radical (unpaired) electrons. The van der Waals surface area contributed by atoms with Crippen molar-refractivity contribution in [3.63, 3.8) is 0 Å². The molecule has 1 aliphatic carbocycles. The predicted octanol–water partition coefficient (Wildman–Crippen LogP) is 3.58. The first kappa shape index (κ1) is 14.4. The van der Waals surface area contributed by atoms with Gasteiger partial charge in [0, 0.05) is 31.7 Å². The molecule has 20 heavy (non-hydrogen) atoms. The zero-order valence-corrected chi connectivity index (χ0v) is 12.2. The predicted molar refractivity (Wildman–Crippen MR) is 84.0 cm³/mol. The van der Waals surface area contributed by atoms with Gasteiger partial charge in [0.05, 0.1) is 0 Å². The molecule has 2 amide bonds. The molecule has 1 aromatic rings. The van der Waals surface area contributed by atoms with Crippen LogP contribution >= 0.6 is 0 Å². The molecule has 4 heteroatoms. The van der Waals surface area contributed by atoms with Crippen molar-refractivity contribution in [1.29, 1.82) is 0 Å². The standard InChI is InChI=1S/C16H23N3O/c1-19(2)15-9-7-14(8-10-15)18-16(20)17-12-11-13-5-3-4-6-13/h7-13H,3-6H2,1-2H3,(H2,17,18,20)/b12-11+. The molecule has 0 spiro atoms. The molecule has 1 fully saturated rings. The molecule has 1 saturated carbocycles. The van der Waals surface area contributed by atoms with Gasteiger partial charge in [0.25, 0.3) is 0 Å². The Hall–Kier alpha value is -1.97. The molecule has 0 heterocycles. The fourth-order valence-corrected chi connectivity index (χ4v) is 2.42. The van der Waals surface area contributed by atoms with E-state index < -0.39 is 0 Å². The van der Waals surface area contributed by atoms with E-state index in [2.05, 4.69) is 16.7 Å². The van der Waals surface area contributed by atoms with Crippen LogP contribution in [0.5, 0.6) is 0 Å². The van der Waals surface area contributed by atoms with E-state index in [1.54, 1.807) is 6.20 Å². The van der Waals surface area contributed by atoms with E-state index in [1.165, 1.54) is 25.7 Å². The lowest BCUT2D eigenvalue weighted by molar-refractivity contribution is 0.255. The summed E-state index contributed by atoms with van der Waals surface area (Å²) in [5.74, 6) is 0.634. The van der Waals surface area contributed by atoms with Crippen LogP contribution in [0.1, 0.15) is 25.7 Å². The van der Waals surface area contributed by atoms with Gasteiger partial charge in [0.2, 0.25) is 0 Å². The molecule has 0 aliphatic heterocycles. The number of nitrogens with zero attached hydrogens (tertiary/aromatic N) is 1. The summed E-state index contributed by atoms with van der Waals surface area (Å²) in [6.45, 7) is 0. The van der Waals surface area contributed by atoms with Crippen LogP contribution in [0.4, 0.5) is 16.2 Å². The average Bonchev–Trinajstić information content (AvgIpc) is 2.92. The molecule has 4 nitrogen and oxygen atoms in total. The number of amides is 2. The first-order valence-corrected chi connectivity index (χ1v) is 7.17. The van der Waals surface area contributed by atoms with Crippen LogP contribution in [0, 0.1) is 5.92 Å². The van der Waals surface area contributed by atoms with Gasteiger partial charge in [0.1, 0.15) is 0 Å². The summed E-state index contributed by atoms with van der Waals surface area (Å²) in [6, 6.07) is 7.55. The lowest BCUT2D eigenvalue weighted by Gasteiger charge is -2.13. The first-order valence-electron chi connectivity index (χ1n) is 7.17. The third-order valence-corrected chi connectivity index (χ3v) is 3.62. The molecule has 0 unspecified atom stereocenters. The monoisotopic (exact) mass is 273 g/mol. The Morgan fingerprint density at radius 2 is 1.85 bits per heavy atom. The van der Waals surface area contributed by atoms with E-state index in [0.29, 0.717) is 5.92 Å². The van der Waals surface area contributed by atoms with Crippen molar-refractivity contribution in [2.45, 2.75) is 25.7 Å². The Kier molecular flexibility index (Phi) is 5.04. The minimum absolute atomic E-state index is 0.197. The van der Waals surface area contributed by atoms with Crippen molar-refractivity contribution >= 4 is 17.4 Å². The summed E-state index contributed by atoms with van der Waals surface area (Å²) in [5.41, 5.74) is 1.90. The smallest absolute Gasteiger partial charge is 0.323 e. The second-order valence-corrected chi connectivity index (χ2v) is 5.44. The molecule has 0 aromatic heterocycles. The minimum Gasteiger partial charge on any atom is -0.378 e. The van der Waals surface area contributed by atoms with Crippen molar-refractivity contribution in [2.24, 2.45) is 5.92 Å². The highest BCUT2D eigenvalue weighted by atomic mass is 16.2. The van der Waals surface area contributed by atoms with Gasteiger partial charge < -0.3 is 15.5 Å². The fourth-order valence-electron chi connectivity index (χ4n) is 2.42. The highest BCUT2D eigenvalue weighted by Crippen LogP contribution is 2.25. The van der Waals surface area contributed by atoms with E-state index in [-0.39, 0.29) is 6.03 Å². The molecule has 1 aliphatic rings. The fraction of sp³-hybridized carbons (Fsp3) is 0.438. The van der Waals surface area contributed by atoms with Gasteiger partial charge >= 0.3 is 6.03 Å². The van der Waals surface area contributed by atoms with Gasteiger partial charge in [-0.3, -0.25) is 0 Å². The van der Waals surface area contributed by atoms with Crippen LogP contribution in [0.15, 0.2) is 36.5 Å². The molecule has 108 valence electrons. The van der Waals surface area contributed by atoms with E-state index in [0.717, 1.165) is 11.4 Å². The number of benzene rings is 1. The largest absolute Gasteiger partial charge is 0.378 e. The van der Waals surface area contributed by atoms with Crippen LogP contribution in [0.2, 0.25) is 0 Å². The second kappa shape index (κ2) is 6.98. The molecule has 2 N–H and O–H groups in total. The maximum Gasteiger partial charge on any atom is 0.323 e. The maximum atomic E-state index is 11.7. The molecule has 0 saturated heterocycles. The quantitative estimate of drug-likeness (QED) is 0.880. The van der Waals surface area contributed by atoms with Crippen molar-refractivity contribution < 1.29 is 4.79 Å². The number of carbonyl (C=O) groups excluding carboxylic acids is 1. The molecular formula is C16H23N3O. The zero-order valence-electron chi connectivity index (χ0n) is 12.2. The third kappa shape index (κ3) is 4.30. The number of carbonyl (C=O) groups is 1. The number of hydrogen-bond acceptors (Lipinski definition) is 2. The number of allylic oxidation sites excluding steroid dienone is 1. The number of rotatable bonds is 4. The normalized spacial score (nSPS) is 15.5. The third-order valence-electron chi connectivity index (χ3n) is 3.62. The van der Waals surface area contributed by atoms with Crippen LogP contribution < -0.4 is 15.5 Å². The molecule has 0 bridgehead atoms. The summed E-state index contributed by atoms with van der Waals surface area (Å²) in [4.78, 5) is 13.7. The van der Waals surface area contributed by atoms with E-state index >= 15 is 0 Å². The summed E-state index contributed by atoms with van der Waals surface area (Å²) < 4.78 is 0. The Morgan fingerprint density at radius 3 is 2.45 bits per heavy atom. The van der Waals surface area contributed by atoms with Crippen LogP contribution in [0.25, 0.3) is 0 Å². The van der Waals surface area contributed by atoms with E-state index in [9.17, 15) is 4.79 Å². The SMILES string of the molecule is CN(C)c1ccc(NC(=O)N/C=C/C2CCCC2)cc1. The highest BCUT2D eigenvalue weighted by molar-refractivity contribution is 5.90. The summed E-state index contributed by atoms with van der Waals surface area (Å²) >= 11 is 0. The lowest BCUT2D eigenvalue weighted by atomic mass is 10.1. The van der Waals surface area contributed by atoms with Crippen molar-refractivity contribution in [3.05, 3.63) is 36.5 Å². The van der Waals surface area contributed by atoms with Crippen LogP contribution in [0.3, 0.4) is 0 Å². The lowest BCUT2D eigenvalue weighted by Crippen LogP contribution is -2.24. The second-order valence-electron chi connectivity index (χ2n) is 5.44. The molecule has 1 aromatic carbocycles. The highest BCUT2D eigenvalue weighted by Gasteiger charge is 2.11. The van der Waals surface area contributed by atoms with Crippen molar-refractivity contribution in [3.8, 4) is 0 Å². The number of anilines is 2. The van der Waals surface area contributed by atoms with Crippen molar-refractivity contribution in [1.82, 2.24) is 5.32 Å². The Balaban J connectivity index is 1.78. The number of urea groups is 1. The summed E-state index contributed by atoms with van der Waals surface area (Å²) in [6.07, 6.45) is 8.96. The molecule has 2 rings (SSSR count). The van der Waals surface area contributed by atoms with Crippen LogP contribution in [-0.4, -0.2) is 20.1 Å². The Labute approximate surface area is 120 Å². The Morgan fingerprint density at radius 1 is 1.20 bits per heavy atom. The molecular weight excluding hydrogens is 250 g/mol. The first-order chi connectivity index (χ1) is 9.65. The van der Waals surface area contributed by atoms with Crippen LogP contribution in [-0.2, 0) is 0 Å². The summed E-state index contributed by atoms with van der Waals surface area (Å²) in [5, 5.41) is 5.57. The van der Waals surface area contributed by atoms with Gasteiger partial charge in [-0.15, -0.1) is 0 Å². The topological polar surface area (TPSA) is 44.4 Å². The van der Waals surface area contributed by atoms with Gasteiger partial charge in [-0.05, 0) is 43.0 Å².